The lowest BCUT2D eigenvalue weighted by Gasteiger charge is -2.01. The van der Waals surface area contributed by atoms with Crippen LogP contribution < -0.4 is 5.32 Å². The molecule has 1 amide bonds. The minimum Gasteiger partial charge on any atom is -0.289 e. The van der Waals surface area contributed by atoms with E-state index < -0.39 is 0 Å². The van der Waals surface area contributed by atoms with E-state index in [2.05, 4.69) is 20.5 Å². The van der Waals surface area contributed by atoms with Gasteiger partial charge in [0, 0.05) is 5.57 Å². The maximum atomic E-state index is 11.9. The SMILES string of the molecule is C/C(=C\c1ccccc1)C(=O)Nc1n[nH]c(C)n1.CC. The van der Waals surface area contributed by atoms with Crippen molar-refractivity contribution in [2.24, 2.45) is 0 Å². The van der Waals surface area contributed by atoms with Gasteiger partial charge in [-0.05, 0) is 25.5 Å². The summed E-state index contributed by atoms with van der Waals surface area (Å²) in [5.74, 6) is 0.742. The number of hydrogen-bond donors (Lipinski definition) is 2. The average Bonchev–Trinajstić information content (AvgIpc) is 2.87. The molecular formula is C15H20N4O. The molecule has 5 heteroatoms. The molecule has 2 rings (SSSR count). The number of aromatic nitrogens is 3. The minimum absolute atomic E-state index is 0.210. The number of aryl methyl sites for hydroxylation is 1. The lowest BCUT2D eigenvalue weighted by atomic mass is 10.1. The molecule has 0 aliphatic rings. The highest BCUT2D eigenvalue weighted by Crippen LogP contribution is 2.08. The molecule has 0 fully saturated rings. The number of nitrogens with one attached hydrogen (secondary N) is 2. The second kappa shape index (κ2) is 7.89. The van der Waals surface area contributed by atoms with E-state index in [0.717, 1.165) is 5.56 Å². The summed E-state index contributed by atoms with van der Waals surface area (Å²) in [6.07, 6.45) is 1.81. The Morgan fingerprint density at radius 2 is 1.90 bits per heavy atom. The van der Waals surface area contributed by atoms with Gasteiger partial charge in [-0.1, -0.05) is 44.2 Å². The molecule has 1 aromatic heterocycles. The number of nitrogens with zero attached hydrogens (tertiary/aromatic N) is 2. The largest absolute Gasteiger partial charge is 0.289 e. The van der Waals surface area contributed by atoms with Crippen LogP contribution in [0.5, 0.6) is 0 Å². The highest BCUT2D eigenvalue weighted by atomic mass is 16.1. The molecule has 0 spiro atoms. The normalized spacial score (nSPS) is 10.5. The first-order valence-corrected chi connectivity index (χ1v) is 6.59. The van der Waals surface area contributed by atoms with Gasteiger partial charge in [0.15, 0.2) is 0 Å². The van der Waals surface area contributed by atoms with Crippen molar-refractivity contribution in [3.8, 4) is 0 Å². The molecule has 0 unspecified atom stereocenters. The quantitative estimate of drug-likeness (QED) is 0.843. The van der Waals surface area contributed by atoms with E-state index in [-0.39, 0.29) is 5.91 Å². The third-order valence-corrected chi connectivity index (χ3v) is 2.36. The summed E-state index contributed by atoms with van der Waals surface area (Å²) in [4.78, 5) is 15.9. The molecule has 0 saturated carbocycles. The number of H-pyrrole nitrogens is 1. The van der Waals surface area contributed by atoms with Crippen LogP contribution in [0.2, 0.25) is 0 Å². The van der Waals surface area contributed by atoms with Gasteiger partial charge in [-0.3, -0.25) is 15.2 Å². The van der Waals surface area contributed by atoms with Crippen molar-refractivity contribution in [2.75, 3.05) is 5.32 Å². The Balaban J connectivity index is 0.000000956. The number of carbonyl (C=O) groups is 1. The molecular weight excluding hydrogens is 252 g/mol. The highest BCUT2D eigenvalue weighted by molar-refractivity contribution is 6.05. The summed E-state index contributed by atoms with van der Waals surface area (Å²) in [7, 11) is 0. The van der Waals surface area contributed by atoms with Crippen LogP contribution in [0.1, 0.15) is 32.2 Å². The Kier molecular flexibility index (Phi) is 6.16. The van der Waals surface area contributed by atoms with Crippen molar-refractivity contribution in [3.63, 3.8) is 0 Å². The standard InChI is InChI=1S/C13H14N4O.C2H6/c1-9(8-11-6-4-3-5-7-11)12(18)15-13-14-10(2)16-17-13;1-2/h3-8H,1-2H3,(H2,14,15,16,17,18);1-2H3/b9-8+;. The van der Waals surface area contributed by atoms with E-state index in [9.17, 15) is 4.79 Å². The van der Waals surface area contributed by atoms with Gasteiger partial charge in [0.25, 0.3) is 5.91 Å². The maximum absolute atomic E-state index is 11.9. The average molecular weight is 272 g/mol. The fraction of sp³-hybridized carbons (Fsp3) is 0.267. The van der Waals surface area contributed by atoms with Crippen molar-refractivity contribution in [3.05, 3.63) is 47.3 Å². The number of aromatic amines is 1. The van der Waals surface area contributed by atoms with Crippen LogP contribution in [0.25, 0.3) is 6.08 Å². The van der Waals surface area contributed by atoms with Crippen LogP contribution in [0.4, 0.5) is 5.95 Å². The second-order valence-electron chi connectivity index (χ2n) is 3.94. The lowest BCUT2D eigenvalue weighted by Crippen LogP contribution is -2.13. The van der Waals surface area contributed by atoms with Crippen molar-refractivity contribution in [2.45, 2.75) is 27.7 Å². The number of amides is 1. The molecule has 0 aliphatic heterocycles. The third kappa shape index (κ3) is 4.68. The Morgan fingerprint density at radius 3 is 2.45 bits per heavy atom. The summed E-state index contributed by atoms with van der Waals surface area (Å²) >= 11 is 0. The van der Waals surface area contributed by atoms with Gasteiger partial charge in [0.1, 0.15) is 5.82 Å². The zero-order valence-electron chi connectivity index (χ0n) is 12.3. The van der Waals surface area contributed by atoms with Crippen LogP contribution in [-0.4, -0.2) is 21.1 Å². The Morgan fingerprint density at radius 1 is 1.25 bits per heavy atom. The van der Waals surface area contributed by atoms with E-state index in [1.54, 1.807) is 13.8 Å². The molecule has 0 saturated heterocycles. The van der Waals surface area contributed by atoms with Crippen molar-refractivity contribution in [1.29, 1.82) is 0 Å². The van der Waals surface area contributed by atoms with Gasteiger partial charge >= 0.3 is 0 Å². The fourth-order valence-electron chi connectivity index (χ4n) is 1.46. The predicted molar refractivity (Wildman–Crippen MR) is 81.2 cm³/mol. The van der Waals surface area contributed by atoms with Gasteiger partial charge in [0.05, 0.1) is 0 Å². The first-order chi connectivity index (χ1) is 9.65. The van der Waals surface area contributed by atoms with E-state index in [0.29, 0.717) is 17.3 Å². The number of benzene rings is 1. The molecule has 2 N–H and O–H groups in total. The first kappa shape index (κ1) is 15.6. The second-order valence-corrected chi connectivity index (χ2v) is 3.94. The topological polar surface area (TPSA) is 70.7 Å². The van der Waals surface area contributed by atoms with Gasteiger partial charge < -0.3 is 0 Å². The fourth-order valence-corrected chi connectivity index (χ4v) is 1.46. The van der Waals surface area contributed by atoms with Crippen molar-refractivity contribution >= 4 is 17.9 Å². The van der Waals surface area contributed by atoms with Crippen LogP contribution in [0.3, 0.4) is 0 Å². The van der Waals surface area contributed by atoms with Crippen LogP contribution in [0.15, 0.2) is 35.9 Å². The molecule has 0 radical (unpaired) electrons. The monoisotopic (exact) mass is 272 g/mol. The first-order valence-electron chi connectivity index (χ1n) is 6.59. The highest BCUT2D eigenvalue weighted by Gasteiger charge is 2.07. The van der Waals surface area contributed by atoms with E-state index in [1.807, 2.05) is 50.3 Å². The van der Waals surface area contributed by atoms with Gasteiger partial charge in [-0.15, -0.1) is 5.10 Å². The van der Waals surface area contributed by atoms with Crippen LogP contribution >= 0.6 is 0 Å². The summed E-state index contributed by atoms with van der Waals surface area (Å²) in [5.41, 5.74) is 1.58. The zero-order chi connectivity index (χ0) is 15.0. The van der Waals surface area contributed by atoms with E-state index >= 15 is 0 Å². The number of rotatable bonds is 3. The minimum atomic E-state index is -0.210. The van der Waals surface area contributed by atoms with Crippen LogP contribution in [0, 0.1) is 6.92 Å². The van der Waals surface area contributed by atoms with Crippen LogP contribution in [-0.2, 0) is 4.79 Å². The smallest absolute Gasteiger partial charge is 0.253 e. The molecule has 20 heavy (non-hydrogen) atoms. The summed E-state index contributed by atoms with van der Waals surface area (Å²) < 4.78 is 0. The predicted octanol–water partition coefficient (Wildman–Crippen LogP) is 3.18. The Bertz CT molecular complexity index is 573. The summed E-state index contributed by atoms with van der Waals surface area (Å²) in [6, 6.07) is 9.66. The molecule has 0 aliphatic carbocycles. The zero-order valence-corrected chi connectivity index (χ0v) is 12.3. The van der Waals surface area contributed by atoms with E-state index in [1.165, 1.54) is 0 Å². The summed E-state index contributed by atoms with van der Waals surface area (Å²) in [6.45, 7) is 7.52. The van der Waals surface area contributed by atoms with Gasteiger partial charge in [0.2, 0.25) is 5.95 Å². The molecule has 0 bridgehead atoms. The molecule has 1 aromatic carbocycles. The van der Waals surface area contributed by atoms with Crippen molar-refractivity contribution < 1.29 is 4.79 Å². The Hall–Kier alpha value is -2.43. The maximum Gasteiger partial charge on any atom is 0.253 e. The Labute approximate surface area is 119 Å². The number of carbonyl (C=O) groups excluding carboxylic acids is 1. The van der Waals surface area contributed by atoms with Gasteiger partial charge in [-0.25, -0.2) is 0 Å². The molecule has 106 valence electrons. The summed E-state index contributed by atoms with van der Waals surface area (Å²) in [5, 5.41) is 9.14. The number of hydrogen-bond acceptors (Lipinski definition) is 3. The van der Waals surface area contributed by atoms with Crippen molar-refractivity contribution in [1.82, 2.24) is 15.2 Å². The van der Waals surface area contributed by atoms with Gasteiger partial charge in [-0.2, -0.15) is 4.98 Å². The molecule has 5 nitrogen and oxygen atoms in total. The molecule has 1 heterocycles. The van der Waals surface area contributed by atoms with E-state index in [4.69, 9.17) is 0 Å². The third-order valence-electron chi connectivity index (χ3n) is 2.36. The number of anilines is 1. The molecule has 0 atom stereocenters. The molecule has 2 aromatic rings. The lowest BCUT2D eigenvalue weighted by molar-refractivity contribution is -0.112.